The van der Waals surface area contributed by atoms with Crippen molar-refractivity contribution in [1.82, 2.24) is 0 Å². The van der Waals surface area contributed by atoms with E-state index in [9.17, 15) is 14.4 Å². The fraction of sp³-hybridized carbons (Fsp3) is 0.188. The van der Waals surface area contributed by atoms with E-state index < -0.39 is 29.1 Å². The lowest BCUT2D eigenvalue weighted by molar-refractivity contribution is -0.136. The first kappa shape index (κ1) is 21.1. The van der Waals surface area contributed by atoms with Gasteiger partial charge < -0.3 is 14.2 Å². The van der Waals surface area contributed by atoms with Gasteiger partial charge in [-0.1, -0.05) is 0 Å². The SMILES string of the molecule is COC(=O)C(=C=N)C=C(C=C(C#N)C(=O)OC)/C=C(\C#N)C(=O)OC. The van der Waals surface area contributed by atoms with Gasteiger partial charge in [-0.15, -0.1) is 0 Å². The summed E-state index contributed by atoms with van der Waals surface area (Å²) in [5, 5.41) is 25.1. The Hall–Kier alpha value is -3.94. The van der Waals surface area contributed by atoms with Gasteiger partial charge in [0.1, 0.15) is 28.9 Å². The van der Waals surface area contributed by atoms with Crippen molar-refractivity contribution in [3.8, 4) is 12.1 Å². The lowest BCUT2D eigenvalue weighted by Crippen LogP contribution is -2.07. The number of ether oxygens (including phenoxy) is 3. The minimum absolute atomic E-state index is 0.107. The predicted molar refractivity (Wildman–Crippen MR) is 82.8 cm³/mol. The van der Waals surface area contributed by atoms with Gasteiger partial charge in [0.05, 0.1) is 21.3 Å². The van der Waals surface area contributed by atoms with Gasteiger partial charge >= 0.3 is 17.9 Å². The van der Waals surface area contributed by atoms with Crippen molar-refractivity contribution in [2.45, 2.75) is 0 Å². The number of esters is 3. The zero-order valence-electron chi connectivity index (χ0n) is 13.6. The summed E-state index contributed by atoms with van der Waals surface area (Å²) in [5.41, 5.74) is -1.43. The van der Waals surface area contributed by atoms with Gasteiger partial charge in [0.25, 0.3) is 0 Å². The van der Waals surface area contributed by atoms with Gasteiger partial charge in [-0.25, -0.2) is 14.4 Å². The molecule has 0 amide bonds. The highest BCUT2D eigenvalue weighted by molar-refractivity contribution is 6.01. The fourth-order valence-corrected chi connectivity index (χ4v) is 1.37. The molecule has 25 heavy (non-hydrogen) atoms. The van der Waals surface area contributed by atoms with Crippen molar-refractivity contribution in [3.05, 3.63) is 40.5 Å². The van der Waals surface area contributed by atoms with Crippen LogP contribution in [0.15, 0.2) is 40.5 Å². The summed E-state index contributed by atoms with van der Waals surface area (Å²) >= 11 is 0. The van der Waals surface area contributed by atoms with Crippen LogP contribution in [0.1, 0.15) is 0 Å². The Morgan fingerprint density at radius 1 is 0.800 bits per heavy atom. The molecular weight excluding hydrogens is 330 g/mol. The molecule has 0 spiro atoms. The minimum Gasteiger partial charge on any atom is -0.465 e. The summed E-state index contributed by atoms with van der Waals surface area (Å²) in [6, 6.07) is 3.15. The monoisotopic (exact) mass is 343 g/mol. The Balaban J connectivity index is 6.45. The van der Waals surface area contributed by atoms with Crippen LogP contribution in [0, 0.1) is 28.1 Å². The van der Waals surface area contributed by atoms with Crippen molar-refractivity contribution in [3.63, 3.8) is 0 Å². The number of nitrogens with zero attached hydrogens (tertiary/aromatic N) is 2. The van der Waals surface area contributed by atoms with Crippen molar-refractivity contribution in [1.29, 1.82) is 15.9 Å². The van der Waals surface area contributed by atoms with Crippen molar-refractivity contribution in [2.75, 3.05) is 21.3 Å². The van der Waals surface area contributed by atoms with E-state index in [0.717, 1.165) is 39.6 Å². The molecule has 0 aliphatic rings. The maximum absolute atomic E-state index is 11.5. The van der Waals surface area contributed by atoms with E-state index in [0.29, 0.717) is 0 Å². The Labute approximate surface area is 143 Å². The Bertz CT molecular complexity index is 753. The Morgan fingerprint density at radius 3 is 1.48 bits per heavy atom. The molecule has 9 nitrogen and oxygen atoms in total. The second kappa shape index (κ2) is 10.7. The van der Waals surface area contributed by atoms with E-state index in [1.165, 1.54) is 0 Å². The van der Waals surface area contributed by atoms with E-state index in [1.807, 2.05) is 5.87 Å². The molecule has 0 aromatic rings. The van der Waals surface area contributed by atoms with Gasteiger partial charge in [0, 0.05) is 0 Å². The van der Waals surface area contributed by atoms with Crippen LogP contribution in [0.5, 0.6) is 0 Å². The molecule has 0 saturated heterocycles. The molecule has 0 aromatic carbocycles. The molecule has 0 radical (unpaired) electrons. The van der Waals surface area contributed by atoms with Gasteiger partial charge in [-0.2, -0.15) is 10.5 Å². The molecule has 1 N–H and O–H groups in total. The third-order valence-electron chi connectivity index (χ3n) is 2.52. The largest absolute Gasteiger partial charge is 0.465 e. The maximum Gasteiger partial charge on any atom is 0.348 e. The Kier molecular flexibility index (Phi) is 9.04. The molecule has 0 unspecified atom stereocenters. The van der Waals surface area contributed by atoms with E-state index in [-0.39, 0.29) is 11.1 Å². The third-order valence-corrected chi connectivity index (χ3v) is 2.52. The van der Waals surface area contributed by atoms with Crippen LogP contribution in [0.3, 0.4) is 0 Å². The van der Waals surface area contributed by atoms with Gasteiger partial charge in [-0.05, 0) is 29.7 Å². The number of rotatable bonds is 6. The standard InChI is InChI=1S/C16H13N3O6/c1-23-14(20)11(7-17)4-10(5-12(8-18)15(21)24-2)6-13(9-19)16(22)25-3/h4-6,17H,1-3H3/b10-4?,12-5+,13-6?. The van der Waals surface area contributed by atoms with Gasteiger partial charge in [0.15, 0.2) is 0 Å². The average Bonchev–Trinajstić information content (AvgIpc) is 2.65. The van der Waals surface area contributed by atoms with Crippen LogP contribution in [0.25, 0.3) is 0 Å². The number of allylic oxidation sites excluding steroid dienone is 3. The number of methoxy groups -OCH3 is 3. The molecular formula is C16H13N3O6. The molecule has 0 atom stereocenters. The molecule has 0 aromatic heterocycles. The van der Waals surface area contributed by atoms with Gasteiger partial charge in [0.2, 0.25) is 0 Å². The molecule has 0 fully saturated rings. The summed E-state index contributed by atoms with van der Waals surface area (Å²) in [5.74, 6) is -1.07. The number of hydrogen-bond donors (Lipinski definition) is 1. The molecule has 0 aliphatic carbocycles. The van der Waals surface area contributed by atoms with Crippen LogP contribution in [0.4, 0.5) is 0 Å². The summed E-state index contributed by atoms with van der Waals surface area (Å²) < 4.78 is 13.3. The number of carbonyl (C=O) groups is 3. The fourth-order valence-electron chi connectivity index (χ4n) is 1.37. The Morgan fingerprint density at radius 2 is 1.20 bits per heavy atom. The van der Waals surface area contributed by atoms with E-state index in [4.69, 9.17) is 15.9 Å². The number of nitrogens with one attached hydrogen (secondary N) is 1. The summed E-state index contributed by atoms with van der Waals surface area (Å²) in [6.07, 6.45) is 2.93. The lowest BCUT2D eigenvalue weighted by Gasteiger charge is -2.02. The second-order valence-electron chi connectivity index (χ2n) is 4.00. The predicted octanol–water partition coefficient (Wildman–Crippen LogP) is 0.507. The highest BCUT2D eigenvalue weighted by atomic mass is 16.5. The van der Waals surface area contributed by atoms with Crippen LogP contribution in [-0.4, -0.2) is 45.1 Å². The first-order valence-corrected chi connectivity index (χ1v) is 6.38. The first-order chi connectivity index (χ1) is 11.9. The molecule has 0 rings (SSSR count). The molecule has 9 heteroatoms. The molecule has 128 valence electrons. The van der Waals surface area contributed by atoms with Crippen LogP contribution in [-0.2, 0) is 28.6 Å². The molecule has 0 aliphatic heterocycles. The van der Waals surface area contributed by atoms with Crippen LogP contribution in [0.2, 0.25) is 0 Å². The summed E-state index contributed by atoms with van der Waals surface area (Å²) in [4.78, 5) is 34.5. The highest BCUT2D eigenvalue weighted by Gasteiger charge is 2.14. The van der Waals surface area contributed by atoms with Crippen molar-refractivity contribution >= 4 is 23.8 Å². The topological polar surface area (TPSA) is 150 Å². The van der Waals surface area contributed by atoms with Gasteiger partial charge in [-0.3, -0.25) is 5.41 Å². The molecule has 0 heterocycles. The van der Waals surface area contributed by atoms with Crippen molar-refractivity contribution < 1.29 is 28.6 Å². The zero-order valence-corrected chi connectivity index (χ0v) is 13.6. The van der Waals surface area contributed by atoms with E-state index in [2.05, 4.69) is 14.2 Å². The molecule has 0 bridgehead atoms. The van der Waals surface area contributed by atoms with Crippen LogP contribution >= 0.6 is 0 Å². The quantitative estimate of drug-likeness (QED) is 0.183. The molecule has 0 saturated carbocycles. The highest BCUT2D eigenvalue weighted by Crippen LogP contribution is 2.13. The number of hydrogen-bond acceptors (Lipinski definition) is 9. The minimum atomic E-state index is -0.975. The average molecular weight is 343 g/mol. The first-order valence-electron chi connectivity index (χ1n) is 6.38. The summed E-state index contributed by atoms with van der Waals surface area (Å²) in [6.45, 7) is 0. The lowest BCUT2D eigenvalue weighted by atomic mass is 10.1. The zero-order chi connectivity index (χ0) is 19.4. The normalized spacial score (nSPS) is 11.3. The van der Waals surface area contributed by atoms with Crippen molar-refractivity contribution in [2.24, 2.45) is 0 Å². The number of nitriles is 2. The van der Waals surface area contributed by atoms with Crippen LogP contribution < -0.4 is 0 Å². The smallest absolute Gasteiger partial charge is 0.348 e. The number of carbonyl (C=O) groups excluding carboxylic acids is 3. The van der Waals surface area contributed by atoms with E-state index in [1.54, 1.807) is 12.1 Å². The second-order valence-corrected chi connectivity index (χ2v) is 4.00. The summed E-state index contributed by atoms with van der Waals surface area (Å²) in [7, 11) is 3.18. The van der Waals surface area contributed by atoms with E-state index >= 15 is 0 Å². The maximum atomic E-state index is 11.5. The third kappa shape index (κ3) is 6.37.